The maximum Gasteiger partial charge on any atom is 0.262 e. The molecule has 1 aromatic heterocycles. The number of carbonyl (C=O) groups excluding carboxylic acids is 1. The van der Waals surface area contributed by atoms with Gasteiger partial charge < -0.3 is 5.32 Å². The summed E-state index contributed by atoms with van der Waals surface area (Å²) >= 11 is 4.82. The summed E-state index contributed by atoms with van der Waals surface area (Å²) in [7, 11) is 0. The van der Waals surface area contributed by atoms with Gasteiger partial charge in [0.05, 0.1) is 0 Å². The Balaban J connectivity index is 1.87. The Hall–Kier alpha value is -0.350. The number of hydrogen-bond acceptors (Lipinski definition) is 2. The van der Waals surface area contributed by atoms with Crippen LogP contribution < -0.4 is 5.32 Å². The van der Waals surface area contributed by atoms with Crippen LogP contribution in [0.25, 0.3) is 0 Å². The minimum Gasteiger partial charge on any atom is -0.351 e. The second kappa shape index (κ2) is 4.03. The highest BCUT2D eigenvalue weighted by Gasteiger charge is 2.32. The first-order valence-electron chi connectivity index (χ1n) is 4.69. The van der Waals surface area contributed by atoms with Crippen molar-refractivity contribution in [3.05, 3.63) is 20.8 Å². The van der Waals surface area contributed by atoms with Crippen LogP contribution in [-0.4, -0.2) is 12.5 Å². The van der Waals surface area contributed by atoms with Crippen LogP contribution in [0.5, 0.6) is 0 Å². The smallest absolute Gasteiger partial charge is 0.262 e. The number of nitrogens with one attached hydrogen (secondary N) is 1. The maximum absolute atomic E-state index is 11.6. The van der Waals surface area contributed by atoms with E-state index in [0.717, 1.165) is 21.8 Å². The van der Waals surface area contributed by atoms with E-state index in [-0.39, 0.29) is 5.91 Å². The Morgan fingerprint density at radius 3 is 3.00 bits per heavy atom. The Labute approximate surface area is 95.8 Å². The molecule has 1 aliphatic carbocycles. The third kappa shape index (κ3) is 2.17. The van der Waals surface area contributed by atoms with Gasteiger partial charge in [0.15, 0.2) is 0 Å². The van der Waals surface area contributed by atoms with Crippen molar-refractivity contribution in [2.24, 2.45) is 11.8 Å². The normalized spacial score (nSPS) is 24.7. The molecule has 2 atom stereocenters. The Kier molecular flexibility index (Phi) is 2.93. The van der Waals surface area contributed by atoms with Crippen molar-refractivity contribution < 1.29 is 4.79 Å². The monoisotopic (exact) mass is 273 g/mol. The van der Waals surface area contributed by atoms with Crippen molar-refractivity contribution in [3.8, 4) is 0 Å². The van der Waals surface area contributed by atoms with Crippen molar-refractivity contribution in [3.63, 3.8) is 0 Å². The third-order valence-corrected chi connectivity index (χ3v) is 4.46. The van der Waals surface area contributed by atoms with Gasteiger partial charge >= 0.3 is 0 Å². The predicted molar refractivity (Wildman–Crippen MR) is 61.6 cm³/mol. The predicted octanol–water partition coefficient (Wildman–Crippen LogP) is 2.90. The van der Waals surface area contributed by atoms with Gasteiger partial charge in [-0.25, -0.2) is 0 Å². The molecule has 1 saturated carbocycles. The standard InChI is InChI=1S/C10H12BrNOS/c1-6-4-7(6)5-12-10(13)9-8(11)2-3-14-9/h2-3,6-7H,4-5H2,1H3,(H,12,13). The summed E-state index contributed by atoms with van der Waals surface area (Å²) in [6, 6.07) is 1.90. The second-order valence-electron chi connectivity index (χ2n) is 3.78. The van der Waals surface area contributed by atoms with E-state index in [2.05, 4.69) is 28.2 Å². The van der Waals surface area contributed by atoms with E-state index in [1.807, 2.05) is 11.4 Å². The number of halogens is 1. The molecule has 2 unspecified atom stereocenters. The third-order valence-electron chi connectivity index (χ3n) is 2.62. The first-order chi connectivity index (χ1) is 6.68. The summed E-state index contributed by atoms with van der Waals surface area (Å²) in [5.74, 6) is 1.55. The molecule has 2 nitrogen and oxygen atoms in total. The summed E-state index contributed by atoms with van der Waals surface area (Å²) in [4.78, 5) is 12.4. The molecule has 0 bridgehead atoms. The van der Waals surface area contributed by atoms with Crippen LogP contribution in [0.2, 0.25) is 0 Å². The summed E-state index contributed by atoms with van der Waals surface area (Å²) in [5, 5.41) is 4.88. The number of rotatable bonds is 3. The highest BCUT2D eigenvalue weighted by atomic mass is 79.9. The summed E-state index contributed by atoms with van der Waals surface area (Å²) < 4.78 is 0.892. The van der Waals surface area contributed by atoms with Crippen LogP contribution in [0, 0.1) is 11.8 Å². The molecule has 14 heavy (non-hydrogen) atoms. The molecular formula is C10H12BrNOS. The van der Waals surface area contributed by atoms with Crippen LogP contribution in [0.4, 0.5) is 0 Å². The molecule has 1 N–H and O–H groups in total. The van der Waals surface area contributed by atoms with E-state index in [4.69, 9.17) is 0 Å². The minimum atomic E-state index is 0.0472. The largest absolute Gasteiger partial charge is 0.351 e. The van der Waals surface area contributed by atoms with Gasteiger partial charge in [0, 0.05) is 11.0 Å². The first-order valence-corrected chi connectivity index (χ1v) is 6.37. The molecule has 1 aromatic rings. The zero-order chi connectivity index (χ0) is 10.1. The average molecular weight is 274 g/mol. The Morgan fingerprint density at radius 1 is 1.79 bits per heavy atom. The molecule has 4 heteroatoms. The van der Waals surface area contributed by atoms with Crippen molar-refractivity contribution in [1.82, 2.24) is 5.32 Å². The van der Waals surface area contributed by atoms with Crippen LogP contribution in [0.3, 0.4) is 0 Å². The summed E-state index contributed by atoms with van der Waals surface area (Å²) in [5.41, 5.74) is 0. The lowest BCUT2D eigenvalue weighted by atomic mass is 10.3. The summed E-state index contributed by atoms with van der Waals surface area (Å²) in [6.07, 6.45) is 1.26. The van der Waals surface area contributed by atoms with E-state index in [9.17, 15) is 4.79 Å². The maximum atomic E-state index is 11.6. The fourth-order valence-electron chi connectivity index (χ4n) is 1.44. The van der Waals surface area contributed by atoms with Gasteiger partial charge in [-0.2, -0.15) is 0 Å². The fourth-order valence-corrected chi connectivity index (χ4v) is 2.91. The van der Waals surface area contributed by atoms with E-state index in [1.54, 1.807) is 0 Å². The SMILES string of the molecule is CC1CC1CNC(=O)c1sccc1Br. The molecule has 1 heterocycles. The molecule has 0 aliphatic heterocycles. The van der Waals surface area contributed by atoms with Gasteiger partial charge in [-0.15, -0.1) is 11.3 Å². The average Bonchev–Trinajstić information content (AvgIpc) is 2.67. The Bertz CT molecular complexity index is 350. The molecule has 0 aromatic carbocycles. The van der Waals surface area contributed by atoms with E-state index >= 15 is 0 Å². The zero-order valence-electron chi connectivity index (χ0n) is 7.92. The van der Waals surface area contributed by atoms with E-state index in [0.29, 0.717) is 5.92 Å². The molecular weight excluding hydrogens is 262 g/mol. The van der Waals surface area contributed by atoms with E-state index in [1.165, 1.54) is 17.8 Å². The van der Waals surface area contributed by atoms with Gasteiger partial charge in [-0.1, -0.05) is 6.92 Å². The van der Waals surface area contributed by atoms with Crippen LogP contribution in [0.1, 0.15) is 23.0 Å². The van der Waals surface area contributed by atoms with Crippen molar-refractivity contribution in [2.45, 2.75) is 13.3 Å². The lowest BCUT2D eigenvalue weighted by Crippen LogP contribution is -2.25. The van der Waals surface area contributed by atoms with Crippen molar-refractivity contribution in [2.75, 3.05) is 6.54 Å². The van der Waals surface area contributed by atoms with Gasteiger partial charge in [-0.05, 0) is 45.6 Å². The van der Waals surface area contributed by atoms with Gasteiger partial charge in [0.25, 0.3) is 5.91 Å². The van der Waals surface area contributed by atoms with Crippen LogP contribution >= 0.6 is 27.3 Å². The highest BCUT2D eigenvalue weighted by molar-refractivity contribution is 9.10. The fraction of sp³-hybridized carbons (Fsp3) is 0.500. The first kappa shape index (κ1) is 10.2. The minimum absolute atomic E-state index is 0.0472. The molecule has 1 fully saturated rings. The summed E-state index contributed by atoms with van der Waals surface area (Å²) in [6.45, 7) is 3.04. The molecule has 76 valence electrons. The zero-order valence-corrected chi connectivity index (χ0v) is 10.3. The highest BCUT2D eigenvalue weighted by Crippen LogP contribution is 2.36. The quantitative estimate of drug-likeness (QED) is 0.902. The van der Waals surface area contributed by atoms with Gasteiger partial charge in [0.1, 0.15) is 4.88 Å². The molecule has 2 rings (SSSR count). The van der Waals surface area contributed by atoms with Gasteiger partial charge in [0.2, 0.25) is 0 Å². The molecule has 0 saturated heterocycles. The van der Waals surface area contributed by atoms with E-state index < -0.39 is 0 Å². The molecule has 1 amide bonds. The van der Waals surface area contributed by atoms with Crippen LogP contribution in [-0.2, 0) is 0 Å². The number of hydrogen-bond donors (Lipinski definition) is 1. The number of amides is 1. The lowest BCUT2D eigenvalue weighted by molar-refractivity contribution is 0.0955. The topological polar surface area (TPSA) is 29.1 Å². The molecule has 1 aliphatic rings. The second-order valence-corrected chi connectivity index (χ2v) is 5.55. The van der Waals surface area contributed by atoms with Gasteiger partial charge in [-0.3, -0.25) is 4.79 Å². The molecule has 0 spiro atoms. The number of thiophene rings is 1. The van der Waals surface area contributed by atoms with Crippen molar-refractivity contribution >= 4 is 33.2 Å². The van der Waals surface area contributed by atoms with Crippen LogP contribution in [0.15, 0.2) is 15.9 Å². The number of carbonyl (C=O) groups is 1. The molecule has 0 radical (unpaired) electrons. The Morgan fingerprint density at radius 2 is 2.50 bits per heavy atom. The lowest BCUT2D eigenvalue weighted by Gasteiger charge is -2.02. The van der Waals surface area contributed by atoms with Crippen molar-refractivity contribution in [1.29, 1.82) is 0 Å².